The van der Waals surface area contributed by atoms with Gasteiger partial charge in [0.1, 0.15) is 5.78 Å². The van der Waals surface area contributed by atoms with E-state index < -0.39 is 0 Å². The second-order valence-electron chi connectivity index (χ2n) is 8.80. The van der Waals surface area contributed by atoms with Crippen molar-refractivity contribution in [2.75, 3.05) is 26.2 Å². The van der Waals surface area contributed by atoms with Gasteiger partial charge in [0, 0.05) is 45.4 Å². The molecule has 4 nitrogen and oxygen atoms in total. The molecule has 1 aliphatic heterocycles. The van der Waals surface area contributed by atoms with Crippen LogP contribution >= 0.6 is 0 Å². The highest BCUT2D eigenvalue weighted by Crippen LogP contribution is 2.29. The molecule has 0 radical (unpaired) electrons. The van der Waals surface area contributed by atoms with Gasteiger partial charge in [-0.3, -0.25) is 14.5 Å². The van der Waals surface area contributed by atoms with Crippen LogP contribution in [0.2, 0.25) is 0 Å². The smallest absolute Gasteiger partial charge is 0.222 e. The van der Waals surface area contributed by atoms with Gasteiger partial charge in [-0.1, -0.05) is 86.8 Å². The number of nitrogens with zero attached hydrogens (tertiary/aromatic N) is 2. The summed E-state index contributed by atoms with van der Waals surface area (Å²) in [6.07, 6.45) is 7.26. The lowest BCUT2D eigenvalue weighted by Gasteiger charge is -2.40. The number of hydrogen-bond donors (Lipinski definition) is 0. The topological polar surface area (TPSA) is 40.6 Å². The summed E-state index contributed by atoms with van der Waals surface area (Å²) < 4.78 is 0. The first-order valence-corrected chi connectivity index (χ1v) is 12.3. The Bertz CT molecular complexity index is 774. The molecule has 1 heterocycles. The zero-order chi connectivity index (χ0) is 22.6. The summed E-state index contributed by atoms with van der Waals surface area (Å²) in [5.74, 6) is 0.655. The summed E-state index contributed by atoms with van der Waals surface area (Å²) in [5.41, 5.74) is 2.61. The predicted octanol–water partition coefficient (Wildman–Crippen LogP) is 5.63. The number of hydrogen-bond acceptors (Lipinski definition) is 3. The molecule has 0 aromatic heterocycles. The van der Waals surface area contributed by atoms with Crippen LogP contribution in [0.15, 0.2) is 60.7 Å². The Balaban J connectivity index is 1.43. The minimum Gasteiger partial charge on any atom is -0.340 e. The summed E-state index contributed by atoms with van der Waals surface area (Å²) in [4.78, 5) is 28.6. The Labute approximate surface area is 193 Å². The van der Waals surface area contributed by atoms with Crippen LogP contribution in [0.5, 0.6) is 0 Å². The first-order chi connectivity index (χ1) is 15.7. The van der Waals surface area contributed by atoms with Gasteiger partial charge in [-0.05, 0) is 24.0 Å². The Morgan fingerprint density at radius 1 is 0.719 bits per heavy atom. The van der Waals surface area contributed by atoms with Crippen LogP contribution in [0.25, 0.3) is 0 Å². The summed E-state index contributed by atoms with van der Waals surface area (Å²) in [5, 5.41) is 0. The van der Waals surface area contributed by atoms with E-state index >= 15 is 0 Å². The van der Waals surface area contributed by atoms with E-state index in [9.17, 15) is 9.59 Å². The number of Topliss-reactive ketones (excluding diaryl/α,β-unsaturated/α-hetero) is 1. The first kappa shape index (κ1) is 24.2. The second kappa shape index (κ2) is 13.2. The second-order valence-corrected chi connectivity index (χ2v) is 8.80. The molecule has 2 aromatic rings. The number of carbonyl (C=O) groups excluding carboxylic acids is 2. The highest BCUT2D eigenvalue weighted by molar-refractivity contribution is 5.77. The van der Waals surface area contributed by atoms with Gasteiger partial charge in [-0.2, -0.15) is 0 Å². The Kier molecular flexibility index (Phi) is 9.96. The summed E-state index contributed by atoms with van der Waals surface area (Å²) in [6, 6.07) is 21.6. The number of carbonyl (C=O) groups is 2. The average molecular weight is 435 g/mol. The molecule has 1 saturated heterocycles. The van der Waals surface area contributed by atoms with Crippen LogP contribution in [-0.2, 0) is 9.59 Å². The van der Waals surface area contributed by atoms with E-state index in [1.807, 2.05) is 11.8 Å². The van der Waals surface area contributed by atoms with Crippen molar-refractivity contribution in [1.82, 2.24) is 9.80 Å². The van der Waals surface area contributed by atoms with Crippen LogP contribution in [-0.4, -0.2) is 47.7 Å². The van der Waals surface area contributed by atoms with Gasteiger partial charge < -0.3 is 4.90 Å². The lowest BCUT2D eigenvalue weighted by Crippen LogP contribution is -2.49. The Hall–Kier alpha value is -2.46. The number of benzene rings is 2. The minimum atomic E-state index is 0.231. The molecule has 0 N–H and O–H groups in total. The first-order valence-electron chi connectivity index (χ1n) is 12.3. The maximum atomic E-state index is 12.7. The molecule has 0 atom stereocenters. The van der Waals surface area contributed by atoms with Gasteiger partial charge in [-0.25, -0.2) is 0 Å². The zero-order valence-corrected chi connectivity index (χ0v) is 19.5. The standard InChI is InChI=1S/C28H38N2O2/c1-2-26(31)18-12-4-3-5-13-19-27(32)29-20-22-30(23-21-29)28(24-14-8-6-9-15-24)25-16-10-7-11-17-25/h6-11,14-17,28H,2-5,12-13,18-23H2,1H3. The number of amides is 1. The largest absolute Gasteiger partial charge is 0.340 e. The monoisotopic (exact) mass is 434 g/mol. The maximum Gasteiger partial charge on any atom is 0.222 e. The molecule has 1 fully saturated rings. The number of rotatable bonds is 12. The Morgan fingerprint density at radius 2 is 1.22 bits per heavy atom. The van der Waals surface area contributed by atoms with Gasteiger partial charge in [0.05, 0.1) is 6.04 Å². The molecule has 0 unspecified atom stereocenters. The summed E-state index contributed by atoms with van der Waals surface area (Å²) in [7, 11) is 0. The number of unbranched alkanes of at least 4 members (excludes halogenated alkanes) is 4. The van der Waals surface area contributed by atoms with Crippen LogP contribution in [0, 0.1) is 0 Å². The molecule has 1 aliphatic rings. The van der Waals surface area contributed by atoms with E-state index in [0.29, 0.717) is 31.0 Å². The Morgan fingerprint density at radius 3 is 1.75 bits per heavy atom. The maximum absolute atomic E-state index is 12.7. The van der Waals surface area contributed by atoms with E-state index in [1.54, 1.807) is 0 Å². The fourth-order valence-corrected chi connectivity index (χ4v) is 4.58. The van der Waals surface area contributed by atoms with Crippen molar-refractivity contribution >= 4 is 11.7 Å². The molecule has 172 valence electrons. The van der Waals surface area contributed by atoms with Crippen molar-refractivity contribution in [3.05, 3.63) is 71.8 Å². The van der Waals surface area contributed by atoms with Crippen molar-refractivity contribution in [1.29, 1.82) is 0 Å². The van der Waals surface area contributed by atoms with Gasteiger partial charge in [0.25, 0.3) is 0 Å². The lowest BCUT2D eigenvalue weighted by atomic mass is 9.96. The van der Waals surface area contributed by atoms with Crippen LogP contribution in [0.3, 0.4) is 0 Å². The fourth-order valence-electron chi connectivity index (χ4n) is 4.58. The fraction of sp³-hybridized carbons (Fsp3) is 0.500. The third kappa shape index (κ3) is 7.30. The van der Waals surface area contributed by atoms with Crippen molar-refractivity contribution in [3.63, 3.8) is 0 Å². The highest BCUT2D eigenvalue weighted by atomic mass is 16.2. The normalized spacial score (nSPS) is 14.6. The molecule has 3 rings (SSSR count). The molecule has 0 aliphatic carbocycles. The van der Waals surface area contributed by atoms with E-state index in [2.05, 4.69) is 65.6 Å². The van der Waals surface area contributed by atoms with Crippen molar-refractivity contribution in [2.24, 2.45) is 0 Å². The quantitative estimate of drug-likeness (QED) is 0.407. The SMILES string of the molecule is CCC(=O)CCCCCCCC(=O)N1CCN(C(c2ccccc2)c2ccccc2)CC1. The summed E-state index contributed by atoms with van der Waals surface area (Å²) in [6.45, 7) is 5.32. The van der Waals surface area contributed by atoms with E-state index in [0.717, 1.165) is 58.3 Å². The third-order valence-corrected chi connectivity index (χ3v) is 6.50. The molecule has 0 bridgehead atoms. The molecule has 0 spiro atoms. The van der Waals surface area contributed by atoms with Crippen molar-refractivity contribution in [2.45, 2.75) is 64.3 Å². The van der Waals surface area contributed by atoms with Gasteiger partial charge >= 0.3 is 0 Å². The average Bonchev–Trinajstić information content (AvgIpc) is 2.85. The van der Waals surface area contributed by atoms with Gasteiger partial charge in [0.2, 0.25) is 5.91 Å². The number of piperazine rings is 1. The molecular weight excluding hydrogens is 396 g/mol. The van der Waals surface area contributed by atoms with E-state index in [4.69, 9.17) is 0 Å². The molecule has 1 amide bonds. The third-order valence-electron chi connectivity index (χ3n) is 6.50. The van der Waals surface area contributed by atoms with Gasteiger partial charge in [-0.15, -0.1) is 0 Å². The molecule has 32 heavy (non-hydrogen) atoms. The predicted molar refractivity (Wildman–Crippen MR) is 130 cm³/mol. The van der Waals surface area contributed by atoms with Crippen LogP contribution in [0.1, 0.15) is 75.5 Å². The van der Waals surface area contributed by atoms with Crippen LogP contribution in [0.4, 0.5) is 0 Å². The molecular formula is C28H38N2O2. The minimum absolute atomic E-state index is 0.231. The van der Waals surface area contributed by atoms with Crippen molar-refractivity contribution in [3.8, 4) is 0 Å². The lowest BCUT2D eigenvalue weighted by molar-refractivity contribution is -0.133. The summed E-state index contributed by atoms with van der Waals surface area (Å²) >= 11 is 0. The van der Waals surface area contributed by atoms with E-state index in [1.165, 1.54) is 11.1 Å². The highest BCUT2D eigenvalue weighted by Gasteiger charge is 2.27. The molecule has 0 saturated carbocycles. The molecule has 2 aromatic carbocycles. The van der Waals surface area contributed by atoms with E-state index in [-0.39, 0.29) is 6.04 Å². The number of ketones is 1. The van der Waals surface area contributed by atoms with Crippen LogP contribution < -0.4 is 0 Å². The molecule has 4 heteroatoms. The zero-order valence-electron chi connectivity index (χ0n) is 19.5. The van der Waals surface area contributed by atoms with Crippen molar-refractivity contribution < 1.29 is 9.59 Å². The van der Waals surface area contributed by atoms with Gasteiger partial charge in [0.15, 0.2) is 0 Å².